The first-order chi connectivity index (χ1) is 7.88. The van der Waals surface area contributed by atoms with Crippen molar-refractivity contribution in [2.45, 2.75) is 0 Å². The number of nitriles is 1. The van der Waals surface area contributed by atoms with Gasteiger partial charge in [-0.25, -0.2) is 0 Å². The van der Waals surface area contributed by atoms with Crippen molar-refractivity contribution in [1.82, 2.24) is 10.3 Å². The first kappa shape index (κ1) is 10.6. The summed E-state index contributed by atoms with van der Waals surface area (Å²) >= 11 is 0. The zero-order valence-corrected chi connectivity index (χ0v) is 8.93. The lowest BCUT2D eigenvalue weighted by molar-refractivity contribution is 0.237. The Morgan fingerprint density at radius 1 is 1.19 bits per heavy atom. The number of nitrogens with zero attached hydrogens (tertiary/aromatic N) is 4. The molecule has 0 aliphatic carbocycles. The highest BCUT2D eigenvalue weighted by atomic mass is 15.5. The third kappa shape index (κ3) is 2.78. The van der Waals surface area contributed by atoms with Crippen LogP contribution in [0.15, 0.2) is 34.6 Å². The van der Waals surface area contributed by atoms with Gasteiger partial charge in [0.2, 0.25) is 0 Å². The minimum absolute atomic E-state index is 0.640. The van der Waals surface area contributed by atoms with Crippen LogP contribution >= 0.6 is 0 Å². The standard InChI is InChI=1S/C11H13N5/c12-9-10-1-3-11(4-2-10)14-15-16-7-5-13-6-8-16/h1-4,13H,5-8H2. The van der Waals surface area contributed by atoms with Crippen LogP contribution in [0, 0.1) is 11.3 Å². The Hall–Kier alpha value is -1.93. The van der Waals surface area contributed by atoms with Crippen molar-refractivity contribution in [3.63, 3.8) is 0 Å². The van der Waals surface area contributed by atoms with Crippen LogP contribution in [-0.4, -0.2) is 31.2 Å². The van der Waals surface area contributed by atoms with E-state index in [1.807, 2.05) is 5.01 Å². The molecule has 5 nitrogen and oxygen atoms in total. The van der Waals surface area contributed by atoms with Crippen molar-refractivity contribution in [1.29, 1.82) is 5.26 Å². The fourth-order valence-electron chi connectivity index (χ4n) is 1.46. The molecule has 1 N–H and O–H groups in total. The molecule has 0 spiro atoms. The zero-order chi connectivity index (χ0) is 11.2. The fourth-order valence-corrected chi connectivity index (χ4v) is 1.46. The van der Waals surface area contributed by atoms with Crippen molar-refractivity contribution in [2.24, 2.45) is 10.3 Å². The van der Waals surface area contributed by atoms with Crippen molar-refractivity contribution in [3.05, 3.63) is 29.8 Å². The van der Waals surface area contributed by atoms with Crippen LogP contribution in [0.2, 0.25) is 0 Å². The second kappa shape index (κ2) is 5.24. The van der Waals surface area contributed by atoms with Gasteiger partial charge in [-0.2, -0.15) is 5.26 Å². The van der Waals surface area contributed by atoms with Gasteiger partial charge in [0.15, 0.2) is 0 Å². The van der Waals surface area contributed by atoms with Crippen molar-refractivity contribution in [2.75, 3.05) is 26.2 Å². The number of benzene rings is 1. The van der Waals surface area contributed by atoms with Gasteiger partial charge in [0.05, 0.1) is 30.4 Å². The molecule has 0 radical (unpaired) electrons. The number of hydrogen-bond donors (Lipinski definition) is 1. The number of nitrogens with one attached hydrogen (secondary N) is 1. The zero-order valence-electron chi connectivity index (χ0n) is 8.93. The molecule has 0 aromatic heterocycles. The molecule has 1 saturated heterocycles. The lowest BCUT2D eigenvalue weighted by atomic mass is 10.2. The van der Waals surface area contributed by atoms with Crippen molar-refractivity contribution in [3.8, 4) is 6.07 Å². The molecule has 0 bridgehead atoms. The maximum absolute atomic E-state index is 8.64. The van der Waals surface area contributed by atoms with E-state index in [1.54, 1.807) is 24.3 Å². The molecule has 1 aliphatic rings. The number of rotatable bonds is 2. The van der Waals surface area contributed by atoms with Gasteiger partial charge in [0.25, 0.3) is 0 Å². The van der Waals surface area contributed by atoms with Crippen LogP contribution in [-0.2, 0) is 0 Å². The average Bonchev–Trinajstić information content (AvgIpc) is 2.38. The topological polar surface area (TPSA) is 63.8 Å². The summed E-state index contributed by atoms with van der Waals surface area (Å²) in [6.07, 6.45) is 0. The number of hydrogen-bond acceptors (Lipinski definition) is 4. The molecular weight excluding hydrogens is 202 g/mol. The van der Waals surface area contributed by atoms with Gasteiger partial charge in [-0.3, -0.25) is 5.01 Å². The summed E-state index contributed by atoms with van der Waals surface area (Å²) < 4.78 is 0. The molecule has 1 heterocycles. The molecule has 1 fully saturated rings. The highest BCUT2D eigenvalue weighted by Crippen LogP contribution is 2.13. The molecule has 16 heavy (non-hydrogen) atoms. The number of piperazine rings is 1. The van der Waals surface area contributed by atoms with Crippen LogP contribution in [0.5, 0.6) is 0 Å². The normalized spacial score (nSPS) is 16.3. The molecule has 0 saturated carbocycles. The van der Waals surface area contributed by atoms with Crippen molar-refractivity contribution < 1.29 is 0 Å². The van der Waals surface area contributed by atoms with E-state index >= 15 is 0 Å². The molecule has 1 aromatic rings. The van der Waals surface area contributed by atoms with Gasteiger partial charge < -0.3 is 5.32 Å². The smallest absolute Gasteiger partial charge is 0.0991 e. The van der Waals surface area contributed by atoms with E-state index in [2.05, 4.69) is 21.7 Å². The highest BCUT2D eigenvalue weighted by molar-refractivity contribution is 5.41. The Balaban J connectivity index is 1.97. The van der Waals surface area contributed by atoms with Gasteiger partial charge in [-0.05, 0) is 24.3 Å². The lowest BCUT2D eigenvalue weighted by Crippen LogP contribution is -2.40. The third-order valence-electron chi connectivity index (χ3n) is 2.38. The predicted molar refractivity (Wildman–Crippen MR) is 60.1 cm³/mol. The van der Waals surface area contributed by atoms with Gasteiger partial charge in [-0.15, -0.1) is 5.11 Å². The molecule has 82 valence electrons. The Morgan fingerprint density at radius 3 is 2.50 bits per heavy atom. The Labute approximate surface area is 94.4 Å². The molecular formula is C11H13N5. The van der Waals surface area contributed by atoms with Gasteiger partial charge in [0.1, 0.15) is 0 Å². The highest BCUT2D eigenvalue weighted by Gasteiger charge is 2.05. The van der Waals surface area contributed by atoms with Gasteiger partial charge in [-0.1, -0.05) is 5.22 Å². The van der Waals surface area contributed by atoms with Crippen LogP contribution in [0.4, 0.5) is 5.69 Å². The summed E-state index contributed by atoms with van der Waals surface area (Å²) in [6, 6.07) is 9.14. The SMILES string of the molecule is N#Cc1ccc(N=NN2CCNCC2)cc1. The molecule has 0 atom stereocenters. The molecule has 0 unspecified atom stereocenters. The summed E-state index contributed by atoms with van der Waals surface area (Å²) in [6.45, 7) is 3.68. The maximum atomic E-state index is 8.64. The summed E-state index contributed by atoms with van der Waals surface area (Å²) in [5.41, 5.74) is 1.42. The molecule has 5 heteroatoms. The second-order valence-corrected chi connectivity index (χ2v) is 3.55. The summed E-state index contributed by atoms with van der Waals surface area (Å²) in [4.78, 5) is 0. The van der Waals surface area contributed by atoms with Crippen LogP contribution in [0.3, 0.4) is 0 Å². The Kier molecular flexibility index (Phi) is 3.46. The van der Waals surface area contributed by atoms with E-state index in [9.17, 15) is 0 Å². The summed E-state index contributed by atoms with van der Waals surface area (Å²) in [7, 11) is 0. The van der Waals surface area contributed by atoms with Crippen LogP contribution < -0.4 is 5.32 Å². The van der Waals surface area contributed by atoms with Crippen LogP contribution in [0.1, 0.15) is 5.56 Å². The minimum atomic E-state index is 0.640. The van der Waals surface area contributed by atoms with E-state index < -0.39 is 0 Å². The lowest BCUT2D eigenvalue weighted by Gasteiger charge is -2.22. The third-order valence-corrected chi connectivity index (χ3v) is 2.38. The Bertz CT molecular complexity index is 397. The van der Waals surface area contributed by atoms with E-state index in [4.69, 9.17) is 5.26 Å². The monoisotopic (exact) mass is 215 g/mol. The quantitative estimate of drug-likeness (QED) is 0.760. The second-order valence-electron chi connectivity index (χ2n) is 3.55. The summed E-state index contributed by atoms with van der Waals surface area (Å²) in [5.74, 6) is 0. The molecule has 2 rings (SSSR count). The molecule has 1 aliphatic heterocycles. The van der Waals surface area contributed by atoms with Crippen LogP contribution in [0.25, 0.3) is 0 Å². The fraction of sp³-hybridized carbons (Fsp3) is 0.364. The maximum Gasteiger partial charge on any atom is 0.0991 e. The van der Waals surface area contributed by atoms with E-state index in [0.29, 0.717) is 5.56 Å². The molecule has 1 aromatic carbocycles. The van der Waals surface area contributed by atoms with Crippen molar-refractivity contribution >= 4 is 5.69 Å². The predicted octanol–water partition coefficient (Wildman–Crippen LogP) is 1.46. The van der Waals surface area contributed by atoms with Gasteiger partial charge >= 0.3 is 0 Å². The van der Waals surface area contributed by atoms with Gasteiger partial charge in [0, 0.05) is 13.1 Å². The van der Waals surface area contributed by atoms with E-state index in [0.717, 1.165) is 31.9 Å². The largest absolute Gasteiger partial charge is 0.313 e. The Morgan fingerprint density at radius 2 is 1.88 bits per heavy atom. The molecule has 0 amide bonds. The van der Waals surface area contributed by atoms with E-state index in [1.165, 1.54) is 0 Å². The first-order valence-corrected chi connectivity index (χ1v) is 5.26. The first-order valence-electron chi connectivity index (χ1n) is 5.26. The van der Waals surface area contributed by atoms with E-state index in [-0.39, 0.29) is 0 Å². The minimum Gasteiger partial charge on any atom is -0.313 e. The summed E-state index contributed by atoms with van der Waals surface area (Å²) in [5, 5.41) is 22.1. The average molecular weight is 215 g/mol.